The molecule has 114 valence electrons. The normalized spacial score (nSPS) is 11.4. The molecule has 0 fully saturated rings. The predicted molar refractivity (Wildman–Crippen MR) is 89.5 cm³/mol. The summed E-state index contributed by atoms with van der Waals surface area (Å²) in [5, 5.41) is 9.46. The first-order valence-corrected chi connectivity index (χ1v) is 7.59. The van der Waals surface area contributed by atoms with Crippen molar-refractivity contribution in [3.05, 3.63) is 54.7 Å². The molecular weight excluding hydrogens is 288 g/mol. The zero-order valence-electron chi connectivity index (χ0n) is 13.0. The molecule has 23 heavy (non-hydrogen) atoms. The number of hydrogen-bond acceptors (Lipinski definition) is 4. The summed E-state index contributed by atoms with van der Waals surface area (Å²) >= 11 is 0. The molecule has 0 saturated carbocycles. The largest absolute Gasteiger partial charge is 0.489 e. The van der Waals surface area contributed by atoms with E-state index in [0.29, 0.717) is 0 Å². The standard InChI is InChI=1S/C18H16N4O/c1-12(2)23-16-8-5-6-13-9-10-14(19-17(13)16)18-15-7-3-4-11-22(15)21-20-18/h3-12H,1-2H3. The molecule has 0 radical (unpaired) electrons. The Bertz CT molecular complexity index is 991. The summed E-state index contributed by atoms with van der Waals surface area (Å²) in [6.45, 7) is 4.02. The molecule has 4 aromatic rings. The van der Waals surface area contributed by atoms with Crippen LogP contribution in [0.5, 0.6) is 5.75 Å². The summed E-state index contributed by atoms with van der Waals surface area (Å²) < 4.78 is 7.63. The molecule has 3 heterocycles. The average molecular weight is 304 g/mol. The second kappa shape index (κ2) is 5.35. The minimum atomic E-state index is 0.0983. The first-order valence-electron chi connectivity index (χ1n) is 7.59. The van der Waals surface area contributed by atoms with Crippen LogP contribution < -0.4 is 4.74 Å². The molecule has 0 saturated heterocycles. The van der Waals surface area contributed by atoms with Crippen LogP contribution in [0.4, 0.5) is 0 Å². The molecule has 0 spiro atoms. The maximum absolute atomic E-state index is 5.88. The fraction of sp³-hybridized carbons (Fsp3) is 0.167. The number of hydrogen-bond donors (Lipinski definition) is 0. The molecule has 0 aliphatic carbocycles. The third kappa shape index (κ3) is 2.40. The Labute approximate surface area is 133 Å². The van der Waals surface area contributed by atoms with E-state index < -0.39 is 0 Å². The van der Waals surface area contributed by atoms with Gasteiger partial charge in [-0.15, -0.1) is 5.10 Å². The number of benzene rings is 1. The van der Waals surface area contributed by atoms with Crippen molar-refractivity contribution in [1.29, 1.82) is 0 Å². The third-order valence-corrected chi connectivity index (χ3v) is 3.61. The summed E-state index contributed by atoms with van der Waals surface area (Å²) in [5.41, 5.74) is 3.34. The zero-order valence-corrected chi connectivity index (χ0v) is 13.0. The molecule has 0 aliphatic heterocycles. The topological polar surface area (TPSA) is 52.3 Å². The average Bonchev–Trinajstić information content (AvgIpc) is 2.98. The first kappa shape index (κ1) is 13.7. The Kier molecular flexibility index (Phi) is 3.19. The highest BCUT2D eigenvalue weighted by Gasteiger charge is 2.12. The first-order chi connectivity index (χ1) is 11.2. The fourth-order valence-corrected chi connectivity index (χ4v) is 2.63. The number of para-hydroxylation sites is 1. The maximum Gasteiger partial charge on any atom is 0.145 e. The van der Waals surface area contributed by atoms with Crippen LogP contribution in [0.1, 0.15) is 13.8 Å². The molecular formula is C18H16N4O. The van der Waals surface area contributed by atoms with E-state index in [1.165, 1.54) is 0 Å². The van der Waals surface area contributed by atoms with Gasteiger partial charge in [0.1, 0.15) is 17.0 Å². The number of ether oxygens (including phenoxy) is 1. The summed E-state index contributed by atoms with van der Waals surface area (Å²) in [5.74, 6) is 0.788. The van der Waals surface area contributed by atoms with Crippen LogP contribution in [0.25, 0.3) is 27.8 Å². The lowest BCUT2D eigenvalue weighted by Crippen LogP contribution is -2.06. The van der Waals surface area contributed by atoms with Gasteiger partial charge in [0.15, 0.2) is 0 Å². The summed E-state index contributed by atoms with van der Waals surface area (Å²) in [6.07, 6.45) is 1.97. The predicted octanol–water partition coefficient (Wildman–Crippen LogP) is 3.73. The molecule has 0 unspecified atom stereocenters. The van der Waals surface area contributed by atoms with E-state index in [2.05, 4.69) is 10.3 Å². The van der Waals surface area contributed by atoms with Crippen molar-refractivity contribution in [1.82, 2.24) is 19.8 Å². The van der Waals surface area contributed by atoms with Gasteiger partial charge in [-0.3, -0.25) is 0 Å². The van der Waals surface area contributed by atoms with Crippen molar-refractivity contribution >= 4 is 16.4 Å². The summed E-state index contributed by atoms with van der Waals surface area (Å²) in [6, 6.07) is 15.8. The molecule has 1 aromatic carbocycles. The second-order valence-electron chi connectivity index (χ2n) is 5.66. The van der Waals surface area contributed by atoms with Crippen molar-refractivity contribution < 1.29 is 4.74 Å². The van der Waals surface area contributed by atoms with Crippen LogP contribution in [0, 0.1) is 0 Å². The van der Waals surface area contributed by atoms with Crippen molar-refractivity contribution in [2.75, 3.05) is 0 Å². The van der Waals surface area contributed by atoms with Crippen molar-refractivity contribution in [3.63, 3.8) is 0 Å². The molecule has 5 nitrogen and oxygen atoms in total. The molecule has 3 aromatic heterocycles. The Morgan fingerprint density at radius 2 is 1.91 bits per heavy atom. The van der Waals surface area contributed by atoms with Gasteiger partial charge in [0, 0.05) is 11.6 Å². The molecule has 0 bridgehead atoms. The molecule has 4 rings (SSSR count). The Balaban J connectivity index is 1.91. The quantitative estimate of drug-likeness (QED) is 0.578. The molecule has 0 aliphatic rings. The van der Waals surface area contributed by atoms with Gasteiger partial charge in [-0.25, -0.2) is 9.50 Å². The van der Waals surface area contributed by atoms with Crippen LogP contribution in [-0.2, 0) is 0 Å². The second-order valence-corrected chi connectivity index (χ2v) is 5.66. The number of rotatable bonds is 3. The van der Waals surface area contributed by atoms with Crippen molar-refractivity contribution in [2.24, 2.45) is 0 Å². The van der Waals surface area contributed by atoms with Crippen molar-refractivity contribution in [3.8, 4) is 17.1 Å². The molecule has 0 amide bonds. The lowest BCUT2D eigenvalue weighted by molar-refractivity contribution is 0.245. The van der Waals surface area contributed by atoms with Crippen LogP contribution in [0.3, 0.4) is 0 Å². The van der Waals surface area contributed by atoms with E-state index >= 15 is 0 Å². The highest BCUT2D eigenvalue weighted by Crippen LogP contribution is 2.28. The van der Waals surface area contributed by atoms with Crippen LogP contribution in [0.2, 0.25) is 0 Å². The summed E-state index contributed by atoms with van der Waals surface area (Å²) in [7, 11) is 0. The maximum atomic E-state index is 5.88. The zero-order chi connectivity index (χ0) is 15.8. The van der Waals surface area contributed by atoms with Crippen molar-refractivity contribution in [2.45, 2.75) is 20.0 Å². The monoisotopic (exact) mass is 304 g/mol. The van der Waals surface area contributed by atoms with Gasteiger partial charge in [-0.2, -0.15) is 0 Å². The lowest BCUT2D eigenvalue weighted by atomic mass is 10.1. The Morgan fingerprint density at radius 1 is 1.00 bits per heavy atom. The summed E-state index contributed by atoms with van der Waals surface area (Å²) in [4.78, 5) is 4.78. The van der Waals surface area contributed by atoms with Crippen LogP contribution in [0.15, 0.2) is 54.7 Å². The fourth-order valence-electron chi connectivity index (χ4n) is 2.63. The van der Waals surface area contributed by atoms with Gasteiger partial charge < -0.3 is 4.74 Å². The smallest absolute Gasteiger partial charge is 0.145 e. The number of nitrogens with zero attached hydrogens (tertiary/aromatic N) is 4. The minimum absolute atomic E-state index is 0.0983. The molecule has 5 heteroatoms. The van der Waals surface area contributed by atoms with Gasteiger partial charge in [-0.05, 0) is 38.1 Å². The lowest BCUT2D eigenvalue weighted by Gasteiger charge is -2.12. The highest BCUT2D eigenvalue weighted by atomic mass is 16.5. The van der Waals surface area contributed by atoms with E-state index in [1.54, 1.807) is 4.52 Å². The molecule has 0 atom stereocenters. The van der Waals surface area contributed by atoms with Gasteiger partial charge in [0.25, 0.3) is 0 Å². The minimum Gasteiger partial charge on any atom is -0.489 e. The van der Waals surface area contributed by atoms with Crippen LogP contribution in [-0.4, -0.2) is 25.9 Å². The van der Waals surface area contributed by atoms with E-state index in [9.17, 15) is 0 Å². The SMILES string of the molecule is CC(C)Oc1cccc2ccc(-c3nnn4ccccc34)nc12. The molecule has 0 N–H and O–H groups in total. The Morgan fingerprint density at radius 3 is 2.78 bits per heavy atom. The van der Waals surface area contributed by atoms with Gasteiger partial charge in [-0.1, -0.05) is 29.5 Å². The Hall–Kier alpha value is -2.95. The van der Waals surface area contributed by atoms with E-state index in [-0.39, 0.29) is 6.10 Å². The number of aromatic nitrogens is 4. The van der Waals surface area contributed by atoms with E-state index in [1.807, 2.05) is 68.6 Å². The number of pyridine rings is 2. The third-order valence-electron chi connectivity index (χ3n) is 3.61. The number of fused-ring (bicyclic) bond motifs is 2. The van der Waals surface area contributed by atoms with Crippen LogP contribution >= 0.6 is 0 Å². The van der Waals surface area contributed by atoms with Gasteiger partial charge >= 0.3 is 0 Å². The highest BCUT2D eigenvalue weighted by molar-refractivity contribution is 5.88. The van der Waals surface area contributed by atoms with E-state index in [4.69, 9.17) is 9.72 Å². The van der Waals surface area contributed by atoms with Gasteiger partial charge in [0.2, 0.25) is 0 Å². The van der Waals surface area contributed by atoms with Gasteiger partial charge in [0.05, 0.1) is 17.3 Å². The van der Waals surface area contributed by atoms with E-state index in [0.717, 1.165) is 33.6 Å².